The second-order valence-electron chi connectivity index (χ2n) is 10.6. The van der Waals surface area contributed by atoms with Crippen LogP contribution in [0.5, 0.6) is 0 Å². The van der Waals surface area contributed by atoms with E-state index >= 15 is 0 Å². The number of nitrogens with one attached hydrogen (secondary N) is 1. The molecular weight excluding hydrogens is 512 g/mol. The number of pyridine rings is 1. The van der Waals surface area contributed by atoms with Gasteiger partial charge in [-0.3, -0.25) is 14.6 Å². The third-order valence-electron chi connectivity index (χ3n) is 8.29. The van der Waals surface area contributed by atoms with Gasteiger partial charge in [-0.1, -0.05) is 24.9 Å². The van der Waals surface area contributed by atoms with E-state index in [1.54, 1.807) is 11.1 Å². The smallest absolute Gasteiger partial charge is 0.247 e. The number of rotatable bonds is 2. The van der Waals surface area contributed by atoms with Crippen molar-refractivity contribution >= 4 is 29.0 Å². The fourth-order valence-electron chi connectivity index (χ4n) is 5.92. The van der Waals surface area contributed by atoms with Crippen molar-refractivity contribution in [1.82, 2.24) is 15.2 Å². The van der Waals surface area contributed by atoms with Crippen LogP contribution in [-0.2, 0) is 19.7 Å². The number of nitrogens with zero attached hydrogens (tertiary/aromatic N) is 2. The van der Waals surface area contributed by atoms with Gasteiger partial charge >= 0.3 is 0 Å². The van der Waals surface area contributed by atoms with E-state index in [4.69, 9.17) is 16.3 Å². The zero-order valence-electron chi connectivity index (χ0n) is 21.4. The Hall–Kier alpha value is -2.84. The third kappa shape index (κ3) is 5.21. The third-order valence-corrected chi connectivity index (χ3v) is 8.58. The average molecular weight is 544 g/mol. The largest absolute Gasteiger partial charge is 0.381 e. The predicted octanol–water partition coefficient (Wildman–Crippen LogP) is 5.35. The number of carbonyl (C=O) groups excluding carboxylic acids is 2. The highest BCUT2D eigenvalue weighted by Crippen LogP contribution is 2.39. The molecule has 1 N–H and O–H groups in total. The van der Waals surface area contributed by atoms with Crippen LogP contribution < -0.4 is 5.32 Å². The van der Waals surface area contributed by atoms with Gasteiger partial charge in [0.25, 0.3) is 0 Å². The van der Waals surface area contributed by atoms with Crippen molar-refractivity contribution < 1.29 is 23.1 Å². The van der Waals surface area contributed by atoms with Gasteiger partial charge in [0, 0.05) is 49.9 Å². The van der Waals surface area contributed by atoms with Gasteiger partial charge < -0.3 is 15.0 Å². The van der Waals surface area contributed by atoms with Crippen molar-refractivity contribution in [1.29, 1.82) is 0 Å². The Kier molecular flexibility index (Phi) is 7.82. The molecule has 2 atom stereocenters. The van der Waals surface area contributed by atoms with Crippen LogP contribution in [0.3, 0.4) is 0 Å². The molecule has 38 heavy (non-hydrogen) atoms. The van der Waals surface area contributed by atoms with E-state index in [1.165, 1.54) is 12.1 Å². The number of hydrogen-bond donors (Lipinski definition) is 1. The molecule has 1 aromatic carbocycles. The van der Waals surface area contributed by atoms with Crippen LogP contribution >= 0.6 is 11.6 Å². The highest BCUT2D eigenvalue weighted by Gasteiger charge is 2.37. The number of benzene rings is 1. The lowest BCUT2D eigenvalue weighted by molar-refractivity contribution is -0.129. The molecule has 5 rings (SSSR count). The van der Waals surface area contributed by atoms with Crippen LogP contribution in [0, 0.1) is 17.6 Å². The van der Waals surface area contributed by atoms with E-state index in [2.05, 4.69) is 16.4 Å². The molecular formula is C29H32ClF2N3O3. The molecule has 1 fully saturated rings. The standard InChI is InChI=1S/C29H32ClF2N3O3/c1-18-3-2-4-24(35-12-8-19(15-25(35)36)26-22(31)6-5-21(30)27(26)32)23-16-20(7-11-33-23)29(17-34-28(18)37)9-13-38-14-10-29/h5-7,11,15-16,18,24H,2-4,8-10,12-14,17H2,1H3,(H,34,37). The number of hydrogen-bond acceptors (Lipinski definition) is 4. The molecule has 202 valence electrons. The quantitative estimate of drug-likeness (QED) is 0.518. The summed E-state index contributed by atoms with van der Waals surface area (Å²) in [5.41, 5.74) is 1.65. The van der Waals surface area contributed by atoms with E-state index in [0.29, 0.717) is 44.7 Å². The second kappa shape index (κ2) is 11.1. The van der Waals surface area contributed by atoms with Crippen molar-refractivity contribution in [3.63, 3.8) is 0 Å². The highest BCUT2D eigenvalue weighted by atomic mass is 35.5. The average Bonchev–Trinajstić information content (AvgIpc) is 2.92. The highest BCUT2D eigenvalue weighted by molar-refractivity contribution is 6.31. The Morgan fingerprint density at radius 3 is 2.71 bits per heavy atom. The van der Waals surface area contributed by atoms with E-state index in [9.17, 15) is 18.4 Å². The maximum absolute atomic E-state index is 14.7. The van der Waals surface area contributed by atoms with Gasteiger partial charge in [-0.25, -0.2) is 8.78 Å². The Labute approximate surface area is 226 Å². The zero-order valence-corrected chi connectivity index (χ0v) is 22.2. The van der Waals surface area contributed by atoms with Crippen LogP contribution in [0.4, 0.5) is 8.78 Å². The molecule has 1 spiro atoms. The summed E-state index contributed by atoms with van der Waals surface area (Å²) in [7, 11) is 0. The number of ether oxygens (including phenoxy) is 1. The summed E-state index contributed by atoms with van der Waals surface area (Å²) in [6.07, 6.45) is 6.97. The first-order valence-corrected chi connectivity index (χ1v) is 13.6. The number of amides is 2. The number of halogens is 3. The van der Waals surface area contributed by atoms with E-state index in [-0.39, 0.29) is 46.2 Å². The summed E-state index contributed by atoms with van der Waals surface area (Å²) in [6.45, 7) is 3.98. The molecule has 3 aliphatic rings. The zero-order chi connectivity index (χ0) is 26.9. The molecule has 2 bridgehead atoms. The minimum absolute atomic E-state index is 0.0365. The maximum Gasteiger partial charge on any atom is 0.247 e. The van der Waals surface area contributed by atoms with Crippen molar-refractivity contribution in [3.8, 4) is 0 Å². The summed E-state index contributed by atoms with van der Waals surface area (Å²) in [5.74, 6) is -2.03. The normalized spacial score (nSPS) is 24.3. The molecule has 1 aromatic heterocycles. The Bertz CT molecular complexity index is 1260. The van der Waals surface area contributed by atoms with E-state index in [1.807, 2.05) is 13.0 Å². The topological polar surface area (TPSA) is 71.5 Å². The molecule has 3 aliphatic heterocycles. The number of aromatic nitrogens is 1. The van der Waals surface area contributed by atoms with Gasteiger partial charge in [-0.2, -0.15) is 0 Å². The second-order valence-corrected chi connectivity index (χ2v) is 11.0. The molecule has 6 nitrogen and oxygen atoms in total. The molecule has 2 unspecified atom stereocenters. The first-order valence-electron chi connectivity index (χ1n) is 13.3. The molecule has 0 radical (unpaired) electrons. The van der Waals surface area contributed by atoms with Gasteiger partial charge in [0.15, 0.2) is 5.82 Å². The summed E-state index contributed by atoms with van der Waals surface area (Å²) in [6, 6.07) is 6.03. The van der Waals surface area contributed by atoms with Crippen molar-refractivity contribution in [2.75, 3.05) is 26.3 Å². The first-order chi connectivity index (χ1) is 18.3. The molecule has 4 heterocycles. The van der Waals surface area contributed by atoms with Gasteiger partial charge in [0.05, 0.1) is 22.3 Å². The fraction of sp³-hybridized carbons (Fsp3) is 0.483. The van der Waals surface area contributed by atoms with Gasteiger partial charge in [0.2, 0.25) is 11.8 Å². The Morgan fingerprint density at radius 2 is 1.95 bits per heavy atom. The molecule has 9 heteroatoms. The lowest BCUT2D eigenvalue weighted by Crippen LogP contribution is -2.46. The molecule has 0 aliphatic carbocycles. The van der Waals surface area contributed by atoms with E-state index in [0.717, 1.165) is 36.6 Å². The molecule has 2 aromatic rings. The van der Waals surface area contributed by atoms with Gasteiger partial charge in [0.1, 0.15) is 5.82 Å². The number of carbonyl (C=O) groups is 2. The minimum Gasteiger partial charge on any atom is -0.381 e. The number of fused-ring (bicyclic) bond motifs is 3. The summed E-state index contributed by atoms with van der Waals surface area (Å²) >= 11 is 5.89. The Balaban J connectivity index is 1.50. The summed E-state index contributed by atoms with van der Waals surface area (Å²) < 4.78 is 34.8. The van der Waals surface area contributed by atoms with Crippen molar-refractivity contribution in [2.45, 2.75) is 56.9 Å². The van der Waals surface area contributed by atoms with Gasteiger partial charge in [-0.15, -0.1) is 0 Å². The van der Waals surface area contributed by atoms with Crippen LogP contribution in [0.25, 0.3) is 5.57 Å². The SMILES string of the molecule is CC1CCCC(N2CCC(c3c(F)ccc(Cl)c3F)=CC2=O)c2cc(ccn2)C2(CCOCC2)CNC1=O. The minimum atomic E-state index is -0.853. The van der Waals surface area contributed by atoms with Crippen LogP contribution in [0.1, 0.15) is 68.3 Å². The summed E-state index contributed by atoms with van der Waals surface area (Å²) in [5, 5.41) is 2.99. The predicted molar refractivity (Wildman–Crippen MR) is 140 cm³/mol. The monoisotopic (exact) mass is 543 g/mol. The van der Waals surface area contributed by atoms with E-state index < -0.39 is 11.6 Å². The van der Waals surface area contributed by atoms with Gasteiger partial charge in [-0.05, 0) is 67.5 Å². The van der Waals surface area contributed by atoms with Crippen molar-refractivity contribution in [2.24, 2.45) is 5.92 Å². The van der Waals surface area contributed by atoms with Crippen LogP contribution in [0.15, 0.2) is 36.5 Å². The molecule has 0 saturated carbocycles. The van der Waals surface area contributed by atoms with Crippen molar-refractivity contribution in [3.05, 3.63) is 70.0 Å². The molecule has 1 saturated heterocycles. The van der Waals surface area contributed by atoms with Crippen LogP contribution in [0.2, 0.25) is 5.02 Å². The first kappa shape index (κ1) is 26.8. The fourth-order valence-corrected chi connectivity index (χ4v) is 6.07. The van der Waals surface area contributed by atoms with Crippen LogP contribution in [-0.4, -0.2) is 48.0 Å². The lowest BCUT2D eigenvalue weighted by atomic mass is 9.73. The summed E-state index contributed by atoms with van der Waals surface area (Å²) in [4.78, 5) is 32.7. The Morgan fingerprint density at radius 1 is 1.16 bits per heavy atom. The molecule has 2 amide bonds. The lowest BCUT2D eigenvalue weighted by Gasteiger charge is -2.39. The maximum atomic E-state index is 14.7.